The minimum atomic E-state index is -0.00552. The molecule has 1 aliphatic rings. The number of carbonyl (C=O) groups is 1. The topological polar surface area (TPSA) is 64.1 Å². The number of hydrogen-bond donors (Lipinski definition) is 0. The zero-order chi connectivity index (χ0) is 25.5. The number of piperazine rings is 1. The third-order valence-corrected chi connectivity index (χ3v) is 6.69. The molecule has 1 saturated heterocycles. The molecule has 2 heterocycles. The average Bonchev–Trinajstić information content (AvgIpc) is 2.95. The number of benzene rings is 2. The van der Waals surface area contributed by atoms with Crippen LogP contribution in [0, 0.1) is 0 Å². The first-order chi connectivity index (χ1) is 17.6. The first kappa shape index (κ1) is 25.4. The number of pyridine rings is 1. The van der Waals surface area contributed by atoms with Gasteiger partial charge in [0, 0.05) is 49.3 Å². The Balaban J connectivity index is 1.58. The van der Waals surface area contributed by atoms with E-state index in [1.165, 1.54) is 0 Å². The van der Waals surface area contributed by atoms with Crippen molar-refractivity contribution in [1.82, 2.24) is 9.88 Å². The Labute approximate surface area is 213 Å². The standard InChI is InChI=1S/C29H35N3O4/c1-5-6-8-25-24(28-26(35-3)9-7-10-27(28)36-4)19-21(20-30-25)29(33)32-17-15-31(16-18-32)22-11-13-23(34-2)14-12-22/h7,9-14,19-20H,5-6,8,15-18H2,1-4H3. The van der Waals surface area contributed by atoms with Crippen molar-refractivity contribution < 1.29 is 19.0 Å². The van der Waals surface area contributed by atoms with E-state index in [4.69, 9.17) is 19.2 Å². The molecule has 3 aromatic rings. The van der Waals surface area contributed by atoms with Crippen LogP contribution in [0.4, 0.5) is 5.69 Å². The molecular formula is C29H35N3O4. The second kappa shape index (κ2) is 11.8. The van der Waals surface area contributed by atoms with Gasteiger partial charge in [0.2, 0.25) is 0 Å². The largest absolute Gasteiger partial charge is 0.497 e. The molecule has 1 amide bonds. The Hall–Kier alpha value is -3.74. The summed E-state index contributed by atoms with van der Waals surface area (Å²) < 4.78 is 16.6. The van der Waals surface area contributed by atoms with Gasteiger partial charge in [-0.15, -0.1) is 0 Å². The van der Waals surface area contributed by atoms with Crippen molar-refractivity contribution in [1.29, 1.82) is 0 Å². The van der Waals surface area contributed by atoms with E-state index in [-0.39, 0.29) is 5.91 Å². The van der Waals surface area contributed by atoms with E-state index < -0.39 is 0 Å². The van der Waals surface area contributed by atoms with E-state index in [0.29, 0.717) is 30.2 Å². The predicted octanol–water partition coefficient (Wildman–Crippen LogP) is 5.08. The van der Waals surface area contributed by atoms with Crippen molar-refractivity contribution in [2.45, 2.75) is 26.2 Å². The number of rotatable bonds is 9. The predicted molar refractivity (Wildman–Crippen MR) is 142 cm³/mol. The number of carbonyl (C=O) groups excluding carboxylic acids is 1. The zero-order valence-corrected chi connectivity index (χ0v) is 21.6. The monoisotopic (exact) mass is 489 g/mol. The highest BCUT2D eigenvalue weighted by Crippen LogP contribution is 2.40. The van der Waals surface area contributed by atoms with Gasteiger partial charge in [0.15, 0.2) is 0 Å². The number of aromatic nitrogens is 1. The van der Waals surface area contributed by atoms with E-state index in [9.17, 15) is 4.79 Å². The van der Waals surface area contributed by atoms with Gasteiger partial charge in [0.05, 0.1) is 32.5 Å². The molecule has 0 N–H and O–H groups in total. The van der Waals surface area contributed by atoms with Crippen LogP contribution in [0.2, 0.25) is 0 Å². The fraction of sp³-hybridized carbons (Fsp3) is 0.379. The molecule has 0 atom stereocenters. The van der Waals surface area contributed by atoms with Crippen LogP contribution in [-0.2, 0) is 6.42 Å². The number of unbranched alkanes of at least 4 members (excludes halogenated alkanes) is 1. The van der Waals surface area contributed by atoms with Gasteiger partial charge in [-0.05, 0) is 55.3 Å². The van der Waals surface area contributed by atoms with E-state index in [2.05, 4.69) is 24.0 Å². The summed E-state index contributed by atoms with van der Waals surface area (Å²) in [6.07, 6.45) is 4.61. The highest BCUT2D eigenvalue weighted by Gasteiger charge is 2.25. The van der Waals surface area contributed by atoms with Crippen LogP contribution < -0.4 is 19.1 Å². The summed E-state index contributed by atoms with van der Waals surface area (Å²) in [7, 11) is 4.96. The minimum Gasteiger partial charge on any atom is -0.497 e. The number of anilines is 1. The molecule has 0 bridgehead atoms. The Bertz CT molecular complexity index is 1150. The van der Waals surface area contributed by atoms with Crippen molar-refractivity contribution in [2.24, 2.45) is 0 Å². The molecule has 1 fully saturated rings. The van der Waals surface area contributed by atoms with Gasteiger partial charge in [0.1, 0.15) is 17.2 Å². The van der Waals surface area contributed by atoms with Crippen LogP contribution in [-0.4, -0.2) is 63.3 Å². The van der Waals surface area contributed by atoms with Crippen LogP contribution in [0.1, 0.15) is 35.8 Å². The van der Waals surface area contributed by atoms with E-state index in [1.54, 1.807) is 27.5 Å². The number of hydrogen-bond acceptors (Lipinski definition) is 6. The maximum absolute atomic E-state index is 13.5. The maximum Gasteiger partial charge on any atom is 0.255 e. The highest BCUT2D eigenvalue weighted by molar-refractivity contribution is 5.96. The van der Waals surface area contributed by atoms with Gasteiger partial charge in [-0.3, -0.25) is 9.78 Å². The number of aryl methyl sites for hydroxylation is 1. The normalized spacial score (nSPS) is 13.4. The summed E-state index contributed by atoms with van der Waals surface area (Å²) in [5, 5.41) is 0. The van der Waals surface area contributed by atoms with Crippen molar-refractivity contribution >= 4 is 11.6 Å². The van der Waals surface area contributed by atoms with E-state index in [0.717, 1.165) is 60.6 Å². The lowest BCUT2D eigenvalue weighted by Crippen LogP contribution is -2.48. The molecule has 7 nitrogen and oxygen atoms in total. The highest BCUT2D eigenvalue weighted by atomic mass is 16.5. The van der Waals surface area contributed by atoms with Crippen LogP contribution in [0.5, 0.6) is 17.2 Å². The molecular weight excluding hydrogens is 454 g/mol. The fourth-order valence-electron chi connectivity index (χ4n) is 4.63. The molecule has 0 aliphatic carbocycles. The van der Waals surface area contributed by atoms with E-state index in [1.807, 2.05) is 41.3 Å². The Kier molecular flexibility index (Phi) is 8.31. The average molecular weight is 490 g/mol. The lowest BCUT2D eigenvalue weighted by molar-refractivity contribution is 0.0746. The number of ether oxygens (including phenoxy) is 3. The maximum atomic E-state index is 13.5. The number of methoxy groups -OCH3 is 3. The van der Waals surface area contributed by atoms with Gasteiger partial charge < -0.3 is 24.0 Å². The summed E-state index contributed by atoms with van der Waals surface area (Å²) in [6, 6.07) is 15.7. The Morgan fingerprint density at radius 2 is 1.58 bits per heavy atom. The second-order valence-electron chi connectivity index (χ2n) is 8.84. The smallest absolute Gasteiger partial charge is 0.255 e. The van der Waals surface area contributed by atoms with Gasteiger partial charge in [-0.2, -0.15) is 0 Å². The summed E-state index contributed by atoms with van der Waals surface area (Å²) >= 11 is 0. The van der Waals surface area contributed by atoms with Crippen molar-refractivity contribution in [2.75, 3.05) is 52.4 Å². The summed E-state index contributed by atoms with van der Waals surface area (Å²) in [5.74, 6) is 2.23. The van der Waals surface area contributed by atoms with Gasteiger partial charge in [-0.25, -0.2) is 0 Å². The molecule has 0 radical (unpaired) electrons. The van der Waals surface area contributed by atoms with Gasteiger partial charge >= 0.3 is 0 Å². The fourth-order valence-corrected chi connectivity index (χ4v) is 4.63. The minimum absolute atomic E-state index is 0.00552. The molecule has 0 spiro atoms. The Morgan fingerprint density at radius 3 is 2.17 bits per heavy atom. The lowest BCUT2D eigenvalue weighted by atomic mass is 9.97. The van der Waals surface area contributed by atoms with Crippen molar-refractivity contribution in [3.05, 3.63) is 66.0 Å². The van der Waals surface area contributed by atoms with Gasteiger partial charge in [-0.1, -0.05) is 19.4 Å². The van der Waals surface area contributed by atoms with Crippen LogP contribution in [0.15, 0.2) is 54.7 Å². The summed E-state index contributed by atoms with van der Waals surface area (Å²) in [6.45, 7) is 5.00. The quantitative estimate of drug-likeness (QED) is 0.418. The molecule has 7 heteroatoms. The third-order valence-electron chi connectivity index (χ3n) is 6.69. The van der Waals surface area contributed by atoms with Gasteiger partial charge in [0.25, 0.3) is 5.91 Å². The molecule has 4 rings (SSSR count). The summed E-state index contributed by atoms with van der Waals surface area (Å²) in [5.41, 5.74) is 4.38. The zero-order valence-electron chi connectivity index (χ0n) is 21.6. The first-order valence-corrected chi connectivity index (χ1v) is 12.5. The number of amides is 1. The first-order valence-electron chi connectivity index (χ1n) is 12.5. The molecule has 0 unspecified atom stereocenters. The van der Waals surface area contributed by atoms with Crippen LogP contribution >= 0.6 is 0 Å². The molecule has 0 saturated carbocycles. The SMILES string of the molecule is CCCCc1ncc(C(=O)N2CCN(c3ccc(OC)cc3)CC2)cc1-c1c(OC)cccc1OC. The molecule has 1 aliphatic heterocycles. The number of nitrogens with zero attached hydrogens (tertiary/aromatic N) is 3. The molecule has 1 aromatic heterocycles. The second-order valence-corrected chi connectivity index (χ2v) is 8.84. The molecule has 2 aromatic carbocycles. The third kappa shape index (κ3) is 5.40. The van der Waals surface area contributed by atoms with Crippen LogP contribution in [0.3, 0.4) is 0 Å². The van der Waals surface area contributed by atoms with E-state index >= 15 is 0 Å². The molecule has 36 heavy (non-hydrogen) atoms. The van der Waals surface area contributed by atoms with Crippen molar-refractivity contribution in [3.8, 4) is 28.4 Å². The molecule has 190 valence electrons. The van der Waals surface area contributed by atoms with Crippen molar-refractivity contribution in [3.63, 3.8) is 0 Å². The Morgan fingerprint density at radius 1 is 0.917 bits per heavy atom. The lowest BCUT2D eigenvalue weighted by Gasteiger charge is -2.36. The van der Waals surface area contributed by atoms with Crippen LogP contribution in [0.25, 0.3) is 11.1 Å². The summed E-state index contributed by atoms with van der Waals surface area (Å²) in [4.78, 5) is 22.5.